The van der Waals surface area contributed by atoms with E-state index < -0.39 is 17.5 Å². The van der Waals surface area contributed by atoms with E-state index >= 15 is 0 Å². The van der Waals surface area contributed by atoms with E-state index in [9.17, 15) is 9.59 Å². The molecule has 0 bridgehead atoms. The second-order valence-electron chi connectivity index (χ2n) is 2.54. The molecular formula is C10H16O7. The molecule has 7 heteroatoms. The van der Waals surface area contributed by atoms with Crippen LogP contribution in [0.15, 0.2) is 11.8 Å². The van der Waals surface area contributed by atoms with E-state index in [-0.39, 0.29) is 19.8 Å². The number of rotatable bonds is 8. The fourth-order valence-electron chi connectivity index (χ4n) is 0.661. The molecule has 0 unspecified atom stereocenters. The van der Waals surface area contributed by atoms with Gasteiger partial charge >= 0.3 is 11.9 Å². The molecule has 0 aliphatic heterocycles. The molecule has 0 fully saturated rings. The van der Waals surface area contributed by atoms with E-state index in [0.717, 1.165) is 6.26 Å². The first-order valence-electron chi connectivity index (χ1n) is 5.16. The molecule has 17 heavy (non-hydrogen) atoms. The van der Waals surface area contributed by atoms with Crippen molar-refractivity contribution in [2.45, 2.75) is 20.8 Å². The molecule has 0 aliphatic carbocycles. The normalized spacial score (nSPS) is 9.35. The molecule has 0 aromatic carbocycles. The van der Waals surface area contributed by atoms with Crippen molar-refractivity contribution in [1.82, 2.24) is 0 Å². The van der Waals surface area contributed by atoms with Crippen molar-refractivity contribution in [2.24, 2.45) is 0 Å². The van der Waals surface area contributed by atoms with Gasteiger partial charge in [0, 0.05) is 0 Å². The van der Waals surface area contributed by atoms with Crippen LogP contribution in [0.1, 0.15) is 20.8 Å². The van der Waals surface area contributed by atoms with Crippen LogP contribution in [0.25, 0.3) is 0 Å². The van der Waals surface area contributed by atoms with E-state index in [1.807, 2.05) is 0 Å². The van der Waals surface area contributed by atoms with Crippen LogP contribution in [0.2, 0.25) is 0 Å². The van der Waals surface area contributed by atoms with Crippen molar-refractivity contribution >= 4 is 11.9 Å². The van der Waals surface area contributed by atoms with Gasteiger partial charge in [-0.15, -0.1) is 0 Å². The Morgan fingerprint density at radius 1 is 0.882 bits per heavy atom. The lowest BCUT2D eigenvalue weighted by Gasteiger charge is -2.05. The van der Waals surface area contributed by atoms with Gasteiger partial charge in [0.15, 0.2) is 5.57 Å². The van der Waals surface area contributed by atoms with E-state index in [1.165, 1.54) is 0 Å². The maximum Gasteiger partial charge on any atom is 0.383 e. The van der Waals surface area contributed by atoms with Gasteiger partial charge in [0.1, 0.15) is 6.26 Å². The highest BCUT2D eigenvalue weighted by atomic mass is 17.2. The second kappa shape index (κ2) is 9.61. The molecule has 0 rings (SSSR count). The van der Waals surface area contributed by atoms with Gasteiger partial charge in [0.25, 0.3) is 0 Å². The summed E-state index contributed by atoms with van der Waals surface area (Å²) in [5, 5.41) is 0. The minimum Gasteiger partial charge on any atom is -0.500 e. The summed E-state index contributed by atoms with van der Waals surface area (Å²) >= 11 is 0. The lowest BCUT2D eigenvalue weighted by atomic mass is 10.3. The number of carbonyl (C=O) groups excluding carboxylic acids is 2. The fraction of sp³-hybridized carbons (Fsp3) is 0.600. The number of hydrogen-bond donors (Lipinski definition) is 0. The maximum absolute atomic E-state index is 11.4. The van der Waals surface area contributed by atoms with Crippen molar-refractivity contribution in [2.75, 3.05) is 19.8 Å². The molecule has 0 heterocycles. The average molecular weight is 248 g/mol. The molecule has 0 N–H and O–H groups in total. The van der Waals surface area contributed by atoms with Crippen LogP contribution >= 0.6 is 0 Å². The highest BCUT2D eigenvalue weighted by Gasteiger charge is 2.24. The fourth-order valence-corrected chi connectivity index (χ4v) is 0.661. The third-order valence-corrected chi connectivity index (χ3v) is 1.31. The molecule has 98 valence electrons. The van der Waals surface area contributed by atoms with E-state index in [4.69, 9.17) is 4.74 Å². The summed E-state index contributed by atoms with van der Waals surface area (Å²) < 4.78 is 4.82. The van der Waals surface area contributed by atoms with Gasteiger partial charge in [-0.1, -0.05) is 0 Å². The number of hydrogen-bond acceptors (Lipinski definition) is 7. The third-order valence-electron chi connectivity index (χ3n) is 1.31. The lowest BCUT2D eigenvalue weighted by Crippen LogP contribution is -2.19. The molecular weight excluding hydrogens is 232 g/mol. The minimum absolute atomic E-state index is 0.161. The Hall–Kier alpha value is -1.60. The SMILES string of the molecule is CCOC=C(C(=O)OOCC)C(=O)OOCC. The topological polar surface area (TPSA) is 80.3 Å². The van der Waals surface area contributed by atoms with E-state index in [2.05, 4.69) is 19.6 Å². The molecule has 7 nitrogen and oxygen atoms in total. The van der Waals surface area contributed by atoms with Gasteiger partial charge in [0.05, 0.1) is 19.8 Å². The monoisotopic (exact) mass is 248 g/mol. The first-order chi connectivity index (χ1) is 8.17. The van der Waals surface area contributed by atoms with Gasteiger partial charge in [-0.2, -0.15) is 9.78 Å². The van der Waals surface area contributed by atoms with Gasteiger partial charge in [0.2, 0.25) is 0 Å². The van der Waals surface area contributed by atoms with Crippen LogP contribution in [0.5, 0.6) is 0 Å². The number of carbonyl (C=O) groups is 2. The first-order valence-corrected chi connectivity index (χ1v) is 5.16. The summed E-state index contributed by atoms with van der Waals surface area (Å²) in [6, 6.07) is 0. The average Bonchev–Trinajstić information content (AvgIpc) is 2.34. The van der Waals surface area contributed by atoms with Crippen molar-refractivity contribution in [3.8, 4) is 0 Å². The Labute approximate surface area is 99.1 Å². The van der Waals surface area contributed by atoms with Crippen molar-refractivity contribution in [1.29, 1.82) is 0 Å². The standard InChI is InChI=1S/C10H16O7/c1-4-13-7-8(9(11)16-14-5-2)10(12)17-15-6-3/h7H,4-6H2,1-3H3. The molecule has 0 amide bonds. The smallest absolute Gasteiger partial charge is 0.383 e. The molecule has 0 spiro atoms. The summed E-state index contributed by atoms with van der Waals surface area (Å²) in [5.41, 5.74) is -0.450. The Morgan fingerprint density at radius 3 is 1.71 bits per heavy atom. The molecule has 0 aromatic heterocycles. The Morgan fingerprint density at radius 2 is 1.35 bits per heavy atom. The predicted molar refractivity (Wildman–Crippen MR) is 55.1 cm³/mol. The van der Waals surface area contributed by atoms with Gasteiger partial charge in [-0.05, 0) is 20.8 Å². The quantitative estimate of drug-likeness (QED) is 0.158. The van der Waals surface area contributed by atoms with E-state index in [1.54, 1.807) is 20.8 Å². The molecule has 0 saturated heterocycles. The summed E-state index contributed by atoms with van der Waals surface area (Å²) in [7, 11) is 0. The highest BCUT2D eigenvalue weighted by molar-refractivity contribution is 6.13. The summed E-state index contributed by atoms with van der Waals surface area (Å²) in [4.78, 5) is 40.2. The zero-order valence-corrected chi connectivity index (χ0v) is 10.1. The predicted octanol–water partition coefficient (Wildman–Crippen LogP) is 0.896. The molecule has 0 atom stereocenters. The zero-order chi connectivity index (χ0) is 13.1. The molecule has 0 aliphatic rings. The van der Waals surface area contributed by atoms with Gasteiger partial charge in [-0.25, -0.2) is 9.59 Å². The summed E-state index contributed by atoms with van der Waals surface area (Å²) in [6.45, 7) is 5.54. The Bertz CT molecular complexity index is 250. The van der Waals surface area contributed by atoms with Gasteiger partial charge < -0.3 is 4.74 Å². The third kappa shape index (κ3) is 6.54. The molecule has 0 saturated carbocycles. The maximum atomic E-state index is 11.4. The minimum atomic E-state index is -1.01. The van der Waals surface area contributed by atoms with Gasteiger partial charge in [-0.3, -0.25) is 9.78 Å². The number of ether oxygens (including phenoxy) is 1. The Balaban J connectivity index is 4.51. The summed E-state index contributed by atoms with van der Waals surface area (Å²) in [6.07, 6.45) is 0.933. The van der Waals surface area contributed by atoms with Crippen molar-refractivity contribution in [3.63, 3.8) is 0 Å². The van der Waals surface area contributed by atoms with Crippen LogP contribution in [-0.4, -0.2) is 31.8 Å². The largest absolute Gasteiger partial charge is 0.500 e. The zero-order valence-electron chi connectivity index (χ0n) is 10.1. The van der Waals surface area contributed by atoms with Crippen molar-refractivity contribution in [3.05, 3.63) is 11.8 Å². The van der Waals surface area contributed by atoms with Crippen LogP contribution in [-0.2, 0) is 33.9 Å². The first kappa shape index (κ1) is 15.4. The Kier molecular flexibility index (Phi) is 8.71. The molecule has 0 aromatic rings. The lowest BCUT2D eigenvalue weighted by molar-refractivity contribution is -0.274. The second-order valence-corrected chi connectivity index (χ2v) is 2.54. The molecule has 0 radical (unpaired) electrons. The van der Waals surface area contributed by atoms with Crippen molar-refractivity contribution < 1.29 is 33.9 Å². The van der Waals surface area contributed by atoms with Crippen LogP contribution in [0.4, 0.5) is 0 Å². The summed E-state index contributed by atoms with van der Waals surface area (Å²) in [5.74, 6) is -2.02. The van der Waals surface area contributed by atoms with Crippen LogP contribution < -0.4 is 0 Å². The van der Waals surface area contributed by atoms with Crippen LogP contribution in [0.3, 0.4) is 0 Å². The van der Waals surface area contributed by atoms with E-state index in [0.29, 0.717) is 0 Å². The highest BCUT2D eigenvalue weighted by Crippen LogP contribution is 2.03. The van der Waals surface area contributed by atoms with Crippen LogP contribution in [0, 0.1) is 0 Å².